The quantitative estimate of drug-likeness (QED) is 0.317. The molecule has 0 aliphatic heterocycles. The van der Waals surface area contributed by atoms with Gasteiger partial charge in [-0.2, -0.15) is 0 Å². The van der Waals surface area contributed by atoms with E-state index >= 15 is 0 Å². The molecular weight excluding hydrogens is 214 g/mol. The highest BCUT2D eigenvalue weighted by Gasteiger charge is 2.20. The molecule has 0 saturated carbocycles. The maximum atomic E-state index is 11.7. The maximum absolute atomic E-state index is 11.7. The van der Waals surface area contributed by atoms with Crippen molar-refractivity contribution in [1.82, 2.24) is 0 Å². The molecular formula is C7H10F2N2O4. The Kier molecular flexibility index (Phi) is 5.91. The Bertz CT molecular complexity index is 250. The van der Waals surface area contributed by atoms with E-state index in [-0.39, 0.29) is 0 Å². The van der Waals surface area contributed by atoms with Gasteiger partial charge in [0.05, 0.1) is 14.2 Å². The van der Waals surface area contributed by atoms with Gasteiger partial charge in [0.15, 0.2) is 6.61 Å². The van der Waals surface area contributed by atoms with Crippen molar-refractivity contribution in [2.45, 2.75) is 6.43 Å². The molecule has 0 aliphatic carbocycles. The van der Waals surface area contributed by atoms with Crippen molar-refractivity contribution in [3.05, 3.63) is 0 Å². The molecule has 0 aromatic heterocycles. The lowest BCUT2D eigenvalue weighted by atomic mass is 10.4. The molecule has 1 N–H and O–H groups in total. The molecule has 0 bridgehead atoms. The Hall–Kier alpha value is -1.73. The summed E-state index contributed by atoms with van der Waals surface area (Å²) in [5, 5.41) is 10.1. The summed E-state index contributed by atoms with van der Waals surface area (Å²) in [6.45, 7) is -0.975. The lowest BCUT2D eigenvalue weighted by molar-refractivity contribution is -0.132. The van der Waals surface area contributed by atoms with Crippen LogP contribution in [-0.4, -0.2) is 44.8 Å². The third-order valence-electron chi connectivity index (χ3n) is 1.15. The minimum Gasteiger partial charge on any atom is -0.480 e. The van der Waals surface area contributed by atoms with Crippen LogP contribution in [0.2, 0.25) is 0 Å². The summed E-state index contributed by atoms with van der Waals surface area (Å²) in [5.41, 5.74) is -0.611. The van der Waals surface area contributed by atoms with Crippen LogP contribution in [-0.2, 0) is 19.1 Å². The number of carbonyl (C=O) groups excluding carboxylic acids is 1. The average Bonchev–Trinajstić information content (AvgIpc) is 2.22. The van der Waals surface area contributed by atoms with Crippen LogP contribution in [0.3, 0.4) is 0 Å². The van der Waals surface area contributed by atoms with Crippen LogP contribution in [0.15, 0.2) is 5.16 Å². The lowest BCUT2D eigenvalue weighted by Crippen LogP contribution is -2.26. The molecule has 86 valence electrons. The summed E-state index contributed by atoms with van der Waals surface area (Å²) in [5.74, 6) is -1.63. The predicted molar refractivity (Wildman–Crippen MR) is 46.1 cm³/mol. The van der Waals surface area contributed by atoms with Crippen LogP contribution >= 0.6 is 0 Å². The van der Waals surface area contributed by atoms with Crippen molar-refractivity contribution in [2.75, 3.05) is 20.8 Å². The third kappa shape index (κ3) is 4.89. The van der Waals surface area contributed by atoms with Crippen molar-refractivity contribution < 1.29 is 27.9 Å². The fraction of sp³-hybridized carbons (Fsp3) is 0.571. The summed E-state index contributed by atoms with van der Waals surface area (Å²) in [4.78, 5) is 15.1. The highest BCUT2D eigenvalue weighted by molar-refractivity contribution is 6.63. The van der Waals surface area contributed by atoms with Gasteiger partial charge in [0.1, 0.15) is 0 Å². The number of oxime groups is 1. The molecule has 0 aromatic carbocycles. The van der Waals surface area contributed by atoms with Crippen LogP contribution in [0.4, 0.5) is 8.78 Å². The topological polar surface area (TPSA) is 81.0 Å². The van der Waals surface area contributed by atoms with Gasteiger partial charge in [-0.1, -0.05) is 5.16 Å². The first-order valence-electron chi connectivity index (χ1n) is 3.72. The molecule has 15 heavy (non-hydrogen) atoms. The summed E-state index contributed by atoms with van der Waals surface area (Å²) in [6.07, 6.45) is -2.72. The molecule has 0 fully saturated rings. The largest absolute Gasteiger partial charge is 0.480 e. The van der Waals surface area contributed by atoms with Crippen LogP contribution in [0, 0.1) is 5.41 Å². The number of carbonyl (C=O) groups is 1. The van der Waals surface area contributed by atoms with Crippen LogP contribution < -0.4 is 0 Å². The molecule has 0 rings (SSSR count). The SMILES string of the molecule is COC(=N)C(=NOCC(F)F)C(=O)OC. The number of esters is 1. The van der Waals surface area contributed by atoms with Gasteiger partial charge in [-0.05, 0) is 0 Å². The molecule has 6 nitrogen and oxygen atoms in total. The second kappa shape index (κ2) is 6.68. The highest BCUT2D eigenvalue weighted by atomic mass is 19.3. The number of rotatable bonds is 5. The predicted octanol–water partition coefficient (Wildman–Crippen LogP) is 0.421. The van der Waals surface area contributed by atoms with E-state index in [2.05, 4.69) is 19.5 Å². The van der Waals surface area contributed by atoms with E-state index in [1.807, 2.05) is 0 Å². The zero-order valence-electron chi connectivity index (χ0n) is 8.12. The number of hydrogen-bond acceptors (Lipinski definition) is 6. The first-order valence-corrected chi connectivity index (χ1v) is 3.72. The lowest BCUT2D eigenvalue weighted by Gasteiger charge is -2.04. The Balaban J connectivity index is 4.48. The van der Waals surface area contributed by atoms with Crippen molar-refractivity contribution in [2.24, 2.45) is 5.16 Å². The second-order valence-electron chi connectivity index (χ2n) is 2.15. The van der Waals surface area contributed by atoms with E-state index in [0.717, 1.165) is 14.2 Å². The van der Waals surface area contributed by atoms with E-state index in [9.17, 15) is 13.6 Å². The number of ether oxygens (including phenoxy) is 2. The minimum atomic E-state index is -2.72. The fourth-order valence-corrected chi connectivity index (χ4v) is 0.523. The average molecular weight is 224 g/mol. The zero-order chi connectivity index (χ0) is 11.8. The van der Waals surface area contributed by atoms with Gasteiger partial charge < -0.3 is 14.3 Å². The first-order chi connectivity index (χ1) is 7.02. The van der Waals surface area contributed by atoms with Gasteiger partial charge in [0.2, 0.25) is 11.6 Å². The van der Waals surface area contributed by atoms with Gasteiger partial charge in [-0.25, -0.2) is 13.6 Å². The summed E-state index contributed by atoms with van der Waals surface area (Å²) >= 11 is 0. The fourth-order valence-electron chi connectivity index (χ4n) is 0.523. The van der Waals surface area contributed by atoms with E-state index in [1.165, 1.54) is 0 Å². The molecule has 0 spiro atoms. The number of nitrogens with zero attached hydrogens (tertiary/aromatic N) is 1. The first kappa shape index (κ1) is 13.3. The molecule has 0 unspecified atom stereocenters. The van der Waals surface area contributed by atoms with Gasteiger partial charge in [0.25, 0.3) is 6.43 Å². The Morgan fingerprint density at radius 3 is 2.40 bits per heavy atom. The maximum Gasteiger partial charge on any atom is 0.365 e. The van der Waals surface area contributed by atoms with E-state index < -0.39 is 30.6 Å². The normalized spacial score (nSPS) is 11.1. The van der Waals surface area contributed by atoms with E-state index in [0.29, 0.717) is 0 Å². The molecule has 0 amide bonds. The number of halogens is 2. The number of alkyl halides is 2. The minimum absolute atomic E-state index is 0.611. The molecule has 0 aromatic rings. The van der Waals surface area contributed by atoms with Gasteiger partial charge in [-0.15, -0.1) is 0 Å². The summed E-state index contributed by atoms with van der Waals surface area (Å²) in [7, 11) is 2.17. The smallest absolute Gasteiger partial charge is 0.365 e. The standard InChI is InChI=1S/C7H10F2N2O4/c1-13-6(10)5(7(12)14-2)11-15-3-4(8)9/h4,10H,3H2,1-2H3. The number of methoxy groups -OCH3 is 2. The zero-order valence-corrected chi connectivity index (χ0v) is 8.12. The Morgan fingerprint density at radius 2 is 2.00 bits per heavy atom. The molecule has 0 radical (unpaired) electrons. The molecule has 0 heterocycles. The third-order valence-corrected chi connectivity index (χ3v) is 1.15. The molecule has 0 atom stereocenters. The van der Waals surface area contributed by atoms with Gasteiger partial charge >= 0.3 is 5.97 Å². The van der Waals surface area contributed by atoms with Crippen molar-refractivity contribution in [1.29, 1.82) is 5.41 Å². The van der Waals surface area contributed by atoms with Gasteiger partial charge in [-0.3, -0.25) is 5.41 Å². The molecule has 0 saturated heterocycles. The summed E-state index contributed by atoms with van der Waals surface area (Å²) < 4.78 is 31.9. The van der Waals surface area contributed by atoms with E-state index in [4.69, 9.17) is 5.41 Å². The van der Waals surface area contributed by atoms with E-state index in [1.54, 1.807) is 0 Å². The van der Waals surface area contributed by atoms with Crippen LogP contribution in [0.1, 0.15) is 0 Å². The second-order valence-corrected chi connectivity index (χ2v) is 2.15. The van der Waals surface area contributed by atoms with Gasteiger partial charge in [0, 0.05) is 0 Å². The van der Waals surface area contributed by atoms with Crippen LogP contribution in [0.5, 0.6) is 0 Å². The van der Waals surface area contributed by atoms with Crippen LogP contribution in [0.25, 0.3) is 0 Å². The summed E-state index contributed by atoms with van der Waals surface area (Å²) in [6, 6.07) is 0. The highest BCUT2D eigenvalue weighted by Crippen LogP contribution is 1.95. The number of hydrogen-bond donors (Lipinski definition) is 1. The van der Waals surface area contributed by atoms with Crippen molar-refractivity contribution in [3.63, 3.8) is 0 Å². The number of nitrogens with one attached hydrogen (secondary N) is 1. The monoisotopic (exact) mass is 224 g/mol. The molecule has 8 heteroatoms. The Labute approximate surface area is 84.3 Å². The van der Waals surface area contributed by atoms with Crippen molar-refractivity contribution in [3.8, 4) is 0 Å². The Morgan fingerprint density at radius 1 is 1.40 bits per heavy atom. The van der Waals surface area contributed by atoms with Crippen molar-refractivity contribution >= 4 is 17.6 Å². The molecule has 0 aliphatic rings.